The molecule has 31 heavy (non-hydrogen) atoms. The molecule has 1 aromatic heterocycles. The minimum atomic E-state index is -1.29. The first-order valence-electron chi connectivity index (χ1n) is 9.40. The number of aryl methyl sites for hydroxylation is 1. The average molecular weight is 448 g/mol. The first kappa shape index (κ1) is 22.6. The zero-order chi connectivity index (χ0) is 21.4. The highest BCUT2D eigenvalue weighted by Crippen LogP contribution is 2.41. The van der Waals surface area contributed by atoms with Crippen LogP contribution in [0.3, 0.4) is 0 Å². The standard InChI is InChI=1S/C22H20F2N2O3S.H2O/c1-26-12-14(9-18(22(26)27)13-3-4-13)17-11-16(25-30(2)28)6-8-20(17)29-21-7-5-15(23)10-19(21)24;/h5-13,25H,3-4H2,1-2H3;1H2. The van der Waals surface area contributed by atoms with E-state index in [-0.39, 0.29) is 22.7 Å². The van der Waals surface area contributed by atoms with Gasteiger partial charge < -0.3 is 19.5 Å². The lowest BCUT2D eigenvalue weighted by Crippen LogP contribution is -2.20. The third-order valence-electron chi connectivity index (χ3n) is 4.89. The second-order valence-electron chi connectivity index (χ2n) is 7.32. The Balaban J connectivity index is 0.00000272. The van der Waals surface area contributed by atoms with Crippen LogP contribution in [0.2, 0.25) is 0 Å². The molecule has 1 aliphatic rings. The second-order valence-corrected chi connectivity index (χ2v) is 8.43. The van der Waals surface area contributed by atoms with Crippen molar-refractivity contribution in [1.29, 1.82) is 0 Å². The highest BCUT2D eigenvalue weighted by atomic mass is 32.2. The van der Waals surface area contributed by atoms with Crippen LogP contribution in [0.4, 0.5) is 14.5 Å². The molecule has 1 unspecified atom stereocenters. The largest absolute Gasteiger partial charge is 0.454 e. The molecule has 1 fully saturated rings. The zero-order valence-electron chi connectivity index (χ0n) is 16.9. The van der Waals surface area contributed by atoms with E-state index < -0.39 is 22.6 Å². The molecule has 3 aromatic rings. The molecular formula is C22H22F2N2O4S. The molecule has 4 rings (SSSR count). The van der Waals surface area contributed by atoms with Gasteiger partial charge in [0.2, 0.25) is 0 Å². The quantitative estimate of drug-likeness (QED) is 0.620. The van der Waals surface area contributed by atoms with Crippen molar-refractivity contribution in [2.24, 2.45) is 7.05 Å². The topological polar surface area (TPSA) is 91.8 Å². The van der Waals surface area contributed by atoms with E-state index in [2.05, 4.69) is 4.72 Å². The smallest absolute Gasteiger partial charge is 0.253 e. The summed E-state index contributed by atoms with van der Waals surface area (Å²) in [5.41, 5.74) is 2.57. The van der Waals surface area contributed by atoms with Gasteiger partial charge in [0.1, 0.15) is 22.6 Å². The Bertz CT molecular complexity index is 1210. The summed E-state index contributed by atoms with van der Waals surface area (Å²) < 4.78 is 49.1. The summed E-state index contributed by atoms with van der Waals surface area (Å²) in [4.78, 5) is 12.5. The number of nitrogens with one attached hydrogen (secondary N) is 1. The minimum absolute atomic E-state index is 0. The van der Waals surface area contributed by atoms with Gasteiger partial charge in [-0.3, -0.25) is 4.79 Å². The van der Waals surface area contributed by atoms with Gasteiger partial charge in [0, 0.05) is 47.9 Å². The zero-order valence-corrected chi connectivity index (χ0v) is 17.8. The van der Waals surface area contributed by atoms with Crippen molar-refractivity contribution in [3.05, 3.63) is 76.2 Å². The number of hydrogen-bond acceptors (Lipinski definition) is 3. The van der Waals surface area contributed by atoms with E-state index >= 15 is 0 Å². The number of pyridine rings is 1. The minimum Gasteiger partial charge on any atom is -0.454 e. The Morgan fingerprint density at radius 3 is 2.45 bits per heavy atom. The molecule has 0 aliphatic heterocycles. The molecule has 0 bridgehead atoms. The Kier molecular flexibility index (Phi) is 6.56. The lowest BCUT2D eigenvalue weighted by molar-refractivity contribution is 0.439. The lowest BCUT2D eigenvalue weighted by Gasteiger charge is -2.15. The molecule has 0 saturated heterocycles. The van der Waals surface area contributed by atoms with Gasteiger partial charge in [0.05, 0.1) is 0 Å². The summed E-state index contributed by atoms with van der Waals surface area (Å²) in [6, 6.07) is 9.93. The Morgan fingerprint density at radius 2 is 1.81 bits per heavy atom. The molecule has 0 radical (unpaired) electrons. The van der Waals surface area contributed by atoms with Crippen molar-refractivity contribution in [3.63, 3.8) is 0 Å². The molecule has 1 saturated carbocycles. The van der Waals surface area contributed by atoms with Crippen LogP contribution in [0.15, 0.2) is 53.5 Å². The average Bonchev–Trinajstić information content (AvgIpc) is 3.52. The van der Waals surface area contributed by atoms with Crippen molar-refractivity contribution >= 4 is 16.7 Å². The van der Waals surface area contributed by atoms with Crippen molar-refractivity contribution in [3.8, 4) is 22.6 Å². The summed E-state index contributed by atoms with van der Waals surface area (Å²) >= 11 is 0. The van der Waals surface area contributed by atoms with Crippen LogP contribution in [0.5, 0.6) is 11.5 Å². The molecule has 3 N–H and O–H groups in total. The number of benzene rings is 2. The number of anilines is 1. The van der Waals surface area contributed by atoms with Gasteiger partial charge in [-0.25, -0.2) is 13.0 Å². The number of ether oxygens (including phenoxy) is 1. The van der Waals surface area contributed by atoms with Crippen LogP contribution in [0.25, 0.3) is 11.1 Å². The van der Waals surface area contributed by atoms with Gasteiger partial charge in [-0.1, -0.05) is 0 Å². The van der Waals surface area contributed by atoms with E-state index in [4.69, 9.17) is 4.74 Å². The summed E-state index contributed by atoms with van der Waals surface area (Å²) in [6.07, 6.45) is 5.14. The van der Waals surface area contributed by atoms with Crippen LogP contribution in [-0.2, 0) is 18.0 Å². The number of halogens is 2. The highest BCUT2D eigenvalue weighted by molar-refractivity contribution is 7.85. The first-order valence-corrected chi connectivity index (χ1v) is 11.0. The molecule has 2 aromatic carbocycles. The SMILES string of the molecule is Cn1cc(-c2cc(NS(C)=O)ccc2Oc2ccc(F)cc2F)cc(C2CC2)c1=O.O. The van der Waals surface area contributed by atoms with Crippen molar-refractivity contribution in [2.75, 3.05) is 11.0 Å². The molecule has 0 amide bonds. The fraction of sp³-hybridized carbons (Fsp3) is 0.227. The van der Waals surface area contributed by atoms with Gasteiger partial charge in [-0.2, -0.15) is 0 Å². The fourth-order valence-corrected chi connectivity index (χ4v) is 3.78. The molecule has 9 heteroatoms. The Morgan fingerprint density at radius 1 is 1.10 bits per heavy atom. The number of hydrogen-bond donors (Lipinski definition) is 1. The fourth-order valence-electron chi connectivity index (χ4n) is 3.32. The van der Waals surface area contributed by atoms with Crippen LogP contribution in [0, 0.1) is 11.6 Å². The van der Waals surface area contributed by atoms with Gasteiger partial charge in [-0.15, -0.1) is 0 Å². The van der Waals surface area contributed by atoms with Crippen LogP contribution < -0.4 is 15.0 Å². The van der Waals surface area contributed by atoms with E-state index in [1.807, 2.05) is 6.07 Å². The van der Waals surface area contributed by atoms with Gasteiger partial charge in [0.15, 0.2) is 11.6 Å². The third-order valence-corrected chi connectivity index (χ3v) is 5.42. The van der Waals surface area contributed by atoms with E-state index in [1.165, 1.54) is 16.9 Å². The van der Waals surface area contributed by atoms with Gasteiger partial charge in [0.25, 0.3) is 5.56 Å². The maximum Gasteiger partial charge on any atom is 0.253 e. The number of rotatable bonds is 6. The van der Waals surface area contributed by atoms with Crippen LogP contribution >= 0.6 is 0 Å². The van der Waals surface area contributed by atoms with Crippen LogP contribution in [-0.4, -0.2) is 20.5 Å². The van der Waals surface area contributed by atoms with Crippen molar-refractivity contribution < 1.29 is 23.2 Å². The van der Waals surface area contributed by atoms with Crippen LogP contribution in [0.1, 0.15) is 24.3 Å². The molecule has 6 nitrogen and oxygen atoms in total. The molecule has 1 aliphatic carbocycles. The second kappa shape index (κ2) is 8.99. The summed E-state index contributed by atoms with van der Waals surface area (Å²) in [6.45, 7) is 0. The van der Waals surface area contributed by atoms with E-state index in [0.29, 0.717) is 22.6 Å². The Hall–Kier alpha value is -3.04. The van der Waals surface area contributed by atoms with E-state index in [9.17, 15) is 17.8 Å². The predicted octanol–water partition coefficient (Wildman–Crippen LogP) is 3.88. The molecule has 0 spiro atoms. The van der Waals surface area contributed by atoms with Gasteiger partial charge >= 0.3 is 0 Å². The predicted molar refractivity (Wildman–Crippen MR) is 117 cm³/mol. The summed E-state index contributed by atoms with van der Waals surface area (Å²) in [5.74, 6) is -1.07. The number of nitrogens with zero attached hydrogens (tertiary/aromatic N) is 1. The maximum atomic E-state index is 14.2. The normalized spacial score (nSPS) is 13.9. The van der Waals surface area contributed by atoms with Crippen molar-refractivity contribution in [1.82, 2.24) is 4.57 Å². The Labute approximate surface area is 180 Å². The van der Waals surface area contributed by atoms with E-state index in [0.717, 1.165) is 30.5 Å². The highest BCUT2D eigenvalue weighted by Gasteiger charge is 2.27. The van der Waals surface area contributed by atoms with Crippen molar-refractivity contribution in [2.45, 2.75) is 18.8 Å². The van der Waals surface area contributed by atoms with Gasteiger partial charge in [-0.05, 0) is 55.2 Å². The van der Waals surface area contributed by atoms with E-state index in [1.54, 1.807) is 31.4 Å². The lowest BCUT2D eigenvalue weighted by atomic mass is 10.0. The molecule has 1 atom stereocenters. The molecular weight excluding hydrogens is 426 g/mol. The monoisotopic (exact) mass is 448 g/mol. The summed E-state index contributed by atoms with van der Waals surface area (Å²) in [5, 5.41) is 0. The summed E-state index contributed by atoms with van der Waals surface area (Å²) in [7, 11) is 0.392. The molecule has 1 heterocycles. The third kappa shape index (κ3) is 5.00. The maximum absolute atomic E-state index is 14.2. The molecule has 164 valence electrons. The number of aromatic nitrogens is 1. The first-order chi connectivity index (χ1) is 14.3.